The van der Waals surface area contributed by atoms with E-state index in [0.717, 1.165) is 5.56 Å². The van der Waals surface area contributed by atoms with Crippen LogP contribution < -0.4 is 15.0 Å². The van der Waals surface area contributed by atoms with Gasteiger partial charge >= 0.3 is 5.97 Å². The molecule has 0 aliphatic carbocycles. The molecule has 0 bridgehead atoms. The van der Waals surface area contributed by atoms with Gasteiger partial charge in [-0.05, 0) is 50.2 Å². The third kappa shape index (κ3) is 5.78. The molecular formula is C32H23ClN6O5S. The number of carbonyl (C=O) groups is 1. The molecular weight excluding hydrogens is 616 g/mol. The number of nitriles is 1. The van der Waals surface area contributed by atoms with Crippen LogP contribution in [-0.4, -0.2) is 42.2 Å². The number of rotatable bonds is 9. The Morgan fingerprint density at radius 1 is 1.11 bits per heavy atom. The Bertz CT molecular complexity index is 2210. The Hall–Kier alpha value is -5.38. The summed E-state index contributed by atoms with van der Waals surface area (Å²) in [4.78, 5) is 42.9. The van der Waals surface area contributed by atoms with Gasteiger partial charge < -0.3 is 14.6 Å². The number of fused-ring (bicyclic) bond motifs is 2. The van der Waals surface area contributed by atoms with E-state index in [4.69, 9.17) is 21.1 Å². The van der Waals surface area contributed by atoms with E-state index in [-0.39, 0.29) is 47.7 Å². The van der Waals surface area contributed by atoms with Crippen molar-refractivity contribution in [1.29, 1.82) is 5.26 Å². The van der Waals surface area contributed by atoms with Gasteiger partial charge in [-0.25, -0.2) is 14.8 Å². The van der Waals surface area contributed by atoms with Crippen molar-refractivity contribution in [3.05, 3.63) is 104 Å². The predicted molar refractivity (Wildman–Crippen MR) is 169 cm³/mol. The molecule has 0 unspecified atom stereocenters. The van der Waals surface area contributed by atoms with Crippen LogP contribution in [0.4, 0.5) is 0 Å². The molecule has 11 nitrogen and oxygen atoms in total. The molecule has 0 radical (unpaired) electrons. The molecule has 0 amide bonds. The lowest BCUT2D eigenvalue weighted by molar-refractivity contribution is 0.0699. The normalized spacial score (nSPS) is 11.1. The topological polar surface area (TPSA) is 153 Å². The van der Waals surface area contributed by atoms with Crippen LogP contribution in [0.25, 0.3) is 32.2 Å². The van der Waals surface area contributed by atoms with Gasteiger partial charge in [0.15, 0.2) is 0 Å². The Labute approximate surface area is 265 Å². The molecule has 13 heteroatoms. The largest absolute Gasteiger partial charge is 0.491 e. The average molecular weight is 639 g/mol. The number of nitrogens with zero attached hydrogens (tertiary/aromatic N) is 6. The highest BCUT2D eigenvalue weighted by atomic mass is 35.5. The summed E-state index contributed by atoms with van der Waals surface area (Å²) in [7, 11) is 0. The number of aromatic carboxylic acids is 1. The maximum Gasteiger partial charge on any atom is 0.338 e. The maximum atomic E-state index is 13.7. The maximum absolute atomic E-state index is 13.7. The van der Waals surface area contributed by atoms with Crippen LogP contribution >= 0.6 is 22.9 Å². The van der Waals surface area contributed by atoms with Crippen molar-refractivity contribution in [3.8, 4) is 28.8 Å². The molecule has 0 saturated heterocycles. The van der Waals surface area contributed by atoms with Gasteiger partial charge in [0.25, 0.3) is 5.56 Å². The second-order valence-corrected chi connectivity index (χ2v) is 11.3. The van der Waals surface area contributed by atoms with Gasteiger partial charge in [-0.15, -0.1) is 11.3 Å². The van der Waals surface area contributed by atoms with Gasteiger partial charge in [-0.2, -0.15) is 5.26 Å². The van der Waals surface area contributed by atoms with E-state index in [1.165, 1.54) is 22.1 Å². The molecule has 1 aromatic carbocycles. The standard InChI is InChI=1S/C32H23ClN6O5S/c1-17-11-22(29-28(37-17)24(16-45-29)32(41)42)21-12-19(33)6-7-26(21)43-10-9-39-18(2)38-25-14-36-30(23(13-34)27(25)31(39)40)44-15-20-5-3-4-8-35-20/h3-8,11-12,14,16H,9-10,15H2,1-2H3,(H,41,42). The molecule has 5 aromatic heterocycles. The van der Waals surface area contributed by atoms with E-state index in [0.29, 0.717) is 43.8 Å². The van der Waals surface area contributed by atoms with E-state index in [2.05, 4.69) is 26.0 Å². The lowest BCUT2D eigenvalue weighted by Crippen LogP contribution is -2.27. The van der Waals surface area contributed by atoms with E-state index in [9.17, 15) is 20.0 Å². The summed E-state index contributed by atoms with van der Waals surface area (Å²) >= 11 is 7.66. The number of hydrogen-bond donors (Lipinski definition) is 1. The second kappa shape index (κ2) is 12.3. The lowest BCUT2D eigenvalue weighted by Gasteiger charge is -2.16. The van der Waals surface area contributed by atoms with Crippen LogP contribution in [0, 0.1) is 25.2 Å². The van der Waals surface area contributed by atoms with Crippen LogP contribution in [0.5, 0.6) is 11.6 Å². The molecule has 5 heterocycles. The highest BCUT2D eigenvalue weighted by Crippen LogP contribution is 2.40. The van der Waals surface area contributed by atoms with E-state index in [1.807, 2.05) is 12.1 Å². The minimum atomic E-state index is -1.06. The molecule has 45 heavy (non-hydrogen) atoms. The smallest absolute Gasteiger partial charge is 0.338 e. The number of benzene rings is 1. The highest BCUT2D eigenvalue weighted by molar-refractivity contribution is 7.18. The van der Waals surface area contributed by atoms with E-state index < -0.39 is 11.5 Å². The van der Waals surface area contributed by atoms with E-state index >= 15 is 0 Å². The van der Waals surface area contributed by atoms with Crippen molar-refractivity contribution >= 4 is 50.0 Å². The summed E-state index contributed by atoms with van der Waals surface area (Å²) < 4.78 is 14.1. The van der Waals surface area contributed by atoms with Gasteiger partial charge in [0.05, 0.1) is 45.1 Å². The first-order chi connectivity index (χ1) is 21.7. The summed E-state index contributed by atoms with van der Waals surface area (Å²) in [6.45, 7) is 3.76. The van der Waals surface area contributed by atoms with Gasteiger partial charge in [-0.1, -0.05) is 17.7 Å². The van der Waals surface area contributed by atoms with Gasteiger partial charge in [0, 0.05) is 33.4 Å². The molecule has 0 saturated carbocycles. The van der Waals surface area contributed by atoms with Crippen LogP contribution in [0.2, 0.25) is 5.02 Å². The number of pyridine rings is 3. The number of carboxylic acids is 1. The first-order valence-electron chi connectivity index (χ1n) is 13.6. The number of hydrogen-bond acceptors (Lipinski definition) is 10. The quantitative estimate of drug-likeness (QED) is 0.201. The van der Waals surface area contributed by atoms with Crippen molar-refractivity contribution in [3.63, 3.8) is 0 Å². The first-order valence-corrected chi connectivity index (χ1v) is 14.9. The third-order valence-electron chi connectivity index (χ3n) is 7.04. The molecule has 0 spiro atoms. The fourth-order valence-electron chi connectivity index (χ4n) is 4.98. The Morgan fingerprint density at radius 2 is 1.96 bits per heavy atom. The number of carboxylic acid groups (broad SMARTS) is 1. The zero-order chi connectivity index (χ0) is 31.7. The molecule has 0 atom stereocenters. The zero-order valence-electron chi connectivity index (χ0n) is 23.9. The minimum Gasteiger partial charge on any atom is -0.491 e. The minimum absolute atomic E-state index is 0.00987. The predicted octanol–water partition coefficient (Wildman–Crippen LogP) is 5.96. The van der Waals surface area contributed by atoms with Crippen molar-refractivity contribution < 1.29 is 19.4 Å². The summed E-state index contributed by atoms with van der Waals surface area (Å²) in [5.41, 5.74) is 3.04. The number of ether oxygens (including phenoxy) is 2. The van der Waals surface area contributed by atoms with Crippen LogP contribution in [0.3, 0.4) is 0 Å². The van der Waals surface area contributed by atoms with Crippen LogP contribution in [0.15, 0.2) is 65.0 Å². The van der Waals surface area contributed by atoms with Crippen LogP contribution in [-0.2, 0) is 13.2 Å². The molecule has 1 N–H and O–H groups in total. The number of halogens is 1. The second-order valence-electron chi connectivity index (χ2n) is 9.97. The Kier molecular flexibility index (Phi) is 8.12. The summed E-state index contributed by atoms with van der Waals surface area (Å²) in [5.74, 6) is -0.125. The average Bonchev–Trinajstić information content (AvgIpc) is 3.46. The molecule has 0 fully saturated rings. The van der Waals surface area contributed by atoms with Crippen LogP contribution in [0.1, 0.15) is 33.1 Å². The molecule has 0 aliphatic rings. The van der Waals surface area contributed by atoms with Crippen molar-refractivity contribution in [2.24, 2.45) is 0 Å². The molecule has 6 aromatic rings. The zero-order valence-corrected chi connectivity index (χ0v) is 25.5. The third-order valence-corrected chi connectivity index (χ3v) is 8.27. The number of aryl methyl sites for hydroxylation is 2. The van der Waals surface area contributed by atoms with Crippen molar-refractivity contribution in [2.45, 2.75) is 27.0 Å². The first kappa shape index (κ1) is 29.7. The van der Waals surface area contributed by atoms with Gasteiger partial charge in [0.2, 0.25) is 5.88 Å². The summed E-state index contributed by atoms with van der Waals surface area (Å²) in [5, 5.41) is 21.8. The number of aromatic nitrogens is 5. The van der Waals surface area contributed by atoms with Gasteiger partial charge in [0.1, 0.15) is 36.4 Å². The molecule has 6 rings (SSSR count). The van der Waals surface area contributed by atoms with Gasteiger partial charge in [-0.3, -0.25) is 19.3 Å². The fourth-order valence-corrected chi connectivity index (χ4v) is 6.16. The van der Waals surface area contributed by atoms with Crippen molar-refractivity contribution in [2.75, 3.05) is 6.61 Å². The number of thiophene rings is 1. The lowest BCUT2D eigenvalue weighted by atomic mass is 10.0. The Balaban J connectivity index is 1.31. The highest BCUT2D eigenvalue weighted by Gasteiger charge is 2.20. The fraction of sp³-hybridized carbons (Fsp3) is 0.156. The summed E-state index contributed by atoms with van der Waals surface area (Å²) in [6, 6.07) is 14.5. The monoisotopic (exact) mass is 638 g/mol. The Morgan fingerprint density at radius 3 is 2.71 bits per heavy atom. The molecule has 224 valence electrons. The molecule has 0 aliphatic heterocycles. The summed E-state index contributed by atoms with van der Waals surface area (Å²) in [6.07, 6.45) is 3.05. The SMILES string of the molecule is Cc1cc(-c2cc(Cl)ccc2OCCn2c(C)nc3cnc(OCc4ccccn4)c(C#N)c3c2=O)c2scc(C(=O)O)c2n1. The van der Waals surface area contributed by atoms with Crippen molar-refractivity contribution in [1.82, 2.24) is 24.5 Å². The van der Waals surface area contributed by atoms with E-state index in [1.54, 1.807) is 55.8 Å².